The molecule has 1 aromatic heterocycles. The normalized spacial score (nSPS) is 10.7. The highest BCUT2D eigenvalue weighted by molar-refractivity contribution is 14.1. The molecular weight excluding hydrogens is 323 g/mol. The molecule has 0 aliphatic rings. The Hall–Kier alpha value is -0.990. The van der Waals surface area contributed by atoms with Crippen LogP contribution in [-0.2, 0) is 11.2 Å². The minimum atomic E-state index is -2.85. The lowest BCUT2D eigenvalue weighted by Crippen LogP contribution is -2.05. The van der Waals surface area contributed by atoms with Gasteiger partial charge in [0, 0.05) is 9.77 Å². The van der Waals surface area contributed by atoms with Gasteiger partial charge in [-0.25, -0.2) is 8.78 Å². The monoisotopic (exact) mass is 329 g/mol. The van der Waals surface area contributed by atoms with Gasteiger partial charge in [-0.3, -0.25) is 9.78 Å². The maximum Gasteiger partial charge on any atom is 0.309 e. The molecule has 15 heavy (non-hydrogen) atoms. The summed E-state index contributed by atoms with van der Waals surface area (Å²) in [6.45, 7) is 0. The minimum absolute atomic E-state index is 0.106. The maximum absolute atomic E-state index is 12.5. The summed E-state index contributed by atoms with van der Waals surface area (Å²) in [7, 11) is 0. The van der Waals surface area contributed by atoms with Crippen LogP contribution < -0.4 is 0 Å². The van der Waals surface area contributed by atoms with Crippen molar-refractivity contribution in [3.8, 4) is 5.75 Å². The molecule has 1 heterocycles. The van der Waals surface area contributed by atoms with Crippen LogP contribution >= 0.6 is 22.6 Å². The number of carbonyl (C=O) groups is 1. The van der Waals surface area contributed by atoms with E-state index in [-0.39, 0.29) is 9.26 Å². The van der Waals surface area contributed by atoms with Gasteiger partial charge < -0.3 is 10.2 Å². The molecule has 0 unspecified atom stereocenters. The standard InChI is InChI=1S/C8H6F2INO3/c9-8(10)6-3(11)2-12-4(7(6)15)1-5(13)14/h2,8,15H,1H2,(H,13,14). The molecule has 0 radical (unpaired) electrons. The molecule has 2 N–H and O–H groups in total. The van der Waals surface area contributed by atoms with E-state index >= 15 is 0 Å². The van der Waals surface area contributed by atoms with E-state index < -0.39 is 30.1 Å². The molecular formula is C8H6F2INO3. The van der Waals surface area contributed by atoms with Crippen molar-refractivity contribution < 1.29 is 23.8 Å². The maximum atomic E-state index is 12.5. The number of aromatic nitrogens is 1. The Balaban J connectivity index is 3.22. The van der Waals surface area contributed by atoms with Crippen molar-refractivity contribution in [2.24, 2.45) is 0 Å². The molecule has 7 heteroatoms. The van der Waals surface area contributed by atoms with Gasteiger partial charge >= 0.3 is 5.97 Å². The van der Waals surface area contributed by atoms with E-state index in [1.807, 2.05) is 0 Å². The molecule has 0 bridgehead atoms. The second-order valence-electron chi connectivity index (χ2n) is 2.69. The third kappa shape index (κ3) is 2.74. The highest BCUT2D eigenvalue weighted by Crippen LogP contribution is 2.33. The predicted molar refractivity (Wildman–Crippen MR) is 54.9 cm³/mol. The zero-order chi connectivity index (χ0) is 11.6. The summed E-state index contributed by atoms with van der Waals surface area (Å²) < 4.78 is 25.0. The van der Waals surface area contributed by atoms with E-state index in [1.165, 1.54) is 0 Å². The Kier molecular flexibility index (Phi) is 3.77. The molecule has 0 aromatic carbocycles. The first-order valence-electron chi connectivity index (χ1n) is 3.79. The van der Waals surface area contributed by atoms with Crippen LogP contribution in [0.5, 0.6) is 5.75 Å². The fraction of sp³-hybridized carbons (Fsp3) is 0.250. The number of hydrogen-bond acceptors (Lipinski definition) is 3. The van der Waals surface area contributed by atoms with Gasteiger partial charge in [0.15, 0.2) is 0 Å². The number of carboxylic acid groups (broad SMARTS) is 1. The van der Waals surface area contributed by atoms with Crippen molar-refractivity contribution in [2.45, 2.75) is 12.8 Å². The third-order valence-corrected chi connectivity index (χ3v) is 2.52. The Morgan fingerprint density at radius 3 is 2.67 bits per heavy atom. The fourth-order valence-corrected chi connectivity index (χ4v) is 1.64. The van der Waals surface area contributed by atoms with Gasteiger partial charge in [-0.05, 0) is 22.6 Å². The molecule has 4 nitrogen and oxygen atoms in total. The number of carboxylic acids is 1. The van der Waals surface area contributed by atoms with Crippen LogP contribution in [0.15, 0.2) is 6.20 Å². The van der Waals surface area contributed by atoms with Crippen molar-refractivity contribution in [3.05, 3.63) is 21.0 Å². The number of hydrogen-bond donors (Lipinski definition) is 2. The highest BCUT2D eigenvalue weighted by Gasteiger charge is 2.21. The largest absolute Gasteiger partial charge is 0.505 e. The van der Waals surface area contributed by atoms with E-state index in [1.54, 1.807) is 22.6 Å². The van der Waals surface area contributed by atoms with Crippen molar-refractivity contribution in [1.82, 2.24) is 4.98 Å². The quantitative estimate of drug-likeness (QED) is 0.832. The number of alkyl halides is 2. The van der Waals surface area contributed by atoms with Gasteiger partial charge in [0.2, 0.25) is 0 Å². The zero-order valence-corrected chi connectivity index (χ0v) is 9.40. The fourth-order valence-electron chi connectivity index (χ4n) is 1.01. The molecule has 0 saturated heterocycles. The Morgan fingerprint density at radius 1 is 1.60 bits per heavy atom. The lowest BCUT2D eigenvalue weighted by atomic mass is 10.1. The first-order chi connectivity index (χ1) is 6.93. The summed E-state index contributed by atoms with van der Waals surface area (Å²) in [6, 6.07) is 0. The molecule has 0 spiro atoms. The molecule has 0 fully saturated rings. The predicted octanol–water partition coefficient (Wildman–Crippen LogP) is 1.96. The lowest BCUT2D eigenvalue weighted by molar-refractivity contribution is -0.136. The van der Waals surface area contributed by atoms with Gasteiger partial charge in [-0.1, -0.05) is 0 Å². The topological polar surface area (TPSA) is 70.4 Å². The summed E-state index contributed by atoms with van der Waals surface area (Å²) in [5, 5.41) is 17.8. The van der Waals surface area contributed by atoms with Gasteiger partial charge in [0.25, 0.3) is 6.43 Å². The number of rotatable bonds is 3. The Bertz CT molecular complexity index is 398. The van der Waals surface area contributed by atoms with Gasteiger partial charge in [0.05, 0.1) is 17.7 Å². The van der Waals surface area contributed by atoms with Crippen LogP contribution in [0.1, 0.15) is 17.7 Å². The summed E-state index contributed by atoms with van der Waals surface area (Å²) in [5.74, 6) is -1.97. The highest BCUT2D eigenvalue weighted by atomic mass is 127. The first kappa shape index (κ1) is 12.1. The molecule has 0 aliphatic heterocycles. The van der Waals surface area contributed by atoms with Crippen LogP contribution in [0.25, 0.3) is 0 Å². The third-order valence-electron chi connectivity index (χ3n) is 1.66. The van der Waals surface area contributed by atoms with Crippen molar-refractivity contribution in [2.75, 3.05) is 0 Å². The second kappa shape index (κ2) is 4.69. The summed E-state index contributed by atoms with van der Waals surface area (Å²) in [5.41, 5.74) is -0.819. The molecule has 82 valence electrons. The number of nitrogens with zero attached hydrogens (tertiary/aromatic N) is 1. The van der Waals surface area contributed by atoms with E-state index in [0.29, 0.717) is 0 Å². The summed E-state index contributed by atoms with van der Waals surface area (Å²) >= 11 is 1.60. The lowest BCUT2D eigenvalue weighted by Gasteiger charge is -2.08. The minimum Gasteiger partial charge on any atom is -0.505 e. The van der Waals surface area contributed by atoms with Crippen LogP contribution in [0, 0.1) is 3.57 Å². The zero-order valence-electron chi connectivity index (χ0n) is 7.25. The van der Waals surface area contributed by atoms with E-state index in [2.05, 4.69) is 4.98 Å². The second-order valence-corrected chi connectivity index (χ2v) is 3.85. The smallest absolute Gasteiger partial charge is 0.309 e. The SMILES string of the molecule is O=C(O)Cc1ncc(I)c(C(F)F)c1O. The molecule has 0 saturated carbocycles. The molecule has 1 rings (SSSR count). The van der Waals surface area contributed by atoms with Crippen molar-refractivity contribution in [3.63, 3.8) is 0 Å². The van der Waals surface area contributed by atoms with Crippen molar-refractivity contribution in [1.29, 1.82) is 0 Å². The van der Waals surface area contributed by atoms with Crippen LogP contribution in [0.3, 0.4) is 0 Å². The number of aromatic hydroxyl groups is 1. The van der Waals surface area contributed by atoms with Crippen LogP contribution in [0.2, 0.25) is 0 Å². The summed E-state index contributed by atoms with van der Waals surface area (Å²) in [6.07, 6.45) is -2.32. The van der Waals surface area contributed by atoms with Gasteiger partial charge in [-0.2, -0.15) is 0 Å². The van der Waals surface area contributed by atoms with E-state index in [9.17, 15) is 18.7 Å². The van der Waals surface area contributed by atoms with Crippen molar-refractivity contribution >= 4 is 28.6 Å². The molecule has 0 amide bonds. The van der Waals surface area contributed by atoms with Crippen LogP contribution in [-0.4, -0.2) is 21.2 Å². The number of aliphatic carboxylic acids is 1. The molecule has 0 atom stereocenters. The molecule has 1 aromatic rings. The number of pyridine rings is 1. The molecule has 0 aliphatic carbocycles. The van der Waals surface area contributed by atoms with E-state index in [0.717, 1.165) is 6.20 Å². The summed E-state index contributed by atoms with van der Waals surface area (Å²) in [4.78, 5) is 13.9. The average Bonchev–Trinajstić information content (AvgIpc) is 2.09. The van der Waals surface area contributed by atoms with Crippen LogP contribution in [0.4, 0.5) is 8.78 Å². The Morgan fingerprint density at radius 2 is 2.20 bits per heavy atom. The number of halogens is 3. The van der Waals surface area contributed by atoms with E-state index in [4.69, 9.17) is 5.11 Å². The average molecular weight is 329 g/mol. The van der Waals surface area contributed by atoms with Gasteiger partial charge in [-0.15, -0.1) is 0 Å². The van der Waals surface area contributed by atoms with Gasteiger partial charge in [0.1, 0.15) is 5.75 Å². The Labute approximate surface area is 97.1 Å². The first-order valence-corrected chi connectivity index (χ1v) is 4.87.